The third kappa shape index (κ3) is 2.92. The van der Waals surface area contributed by atoms with E-state index in [0.29, 0.717) is 11.7 Å². The van der Waals surface area contributed by atoms with Crippen LogP contribution in [0.15, 0.2) is 18.2 Å². The zero-order valence-electron chi connectivity index (χ0n) is 12.8. The van der Waals surface area contributed by atoms with E-state index in [1.54, 1.807) is 6.07 Å². The molecule has 1 saturated heterocycles. The molecule has 0 spiro atoms. The third-order valence-electron chi connectivity index (χ3n) is 4.04. The summed E-state index contributed by atoms with van der Waals surface area (Å²) in [6, 6.07) is 5.43. The number of nitrogens with zero attached hydrogens (tertiary/aromatic N) is 1. The number of benzene rings is 1. The Hall–Kier alpha value is -2.08. The Kier molecular flexibility index (Phi) is 3.78. The van der Waals surface area contributed by atoms with Crippen molar-refractivity contribution in [3.63, 3.8) is 0 Å². The van der Waals surface area contributed by atoms with Crippen molar-refractivity contribution < 1.29 is 14.6 Å². The van der Waals surface area contributed by atoms with E-state index in [0.717, 1.165) is 42.8 Å². The molecule has 1 unspecified atom stereocenters. The molecule has 1 aliphatic rings. The number of ether oxygens (including phenoxy) is 1. The maximum atomic E-state index is 11.1. The molecule has 0 amide bonds. The summed E-state index contributed by atoms with van der Waals surface area (Å²) in [5, 5.41) is 12.5. The van der Waals surface area contributed by atoms with E-state index < -0.39 is 11.6 Å². The number of aromatic nitrogens is 2. The lowest BCUT2D eigenvalue weighted by Crippen LogP contribution is -2.37. The highest BCUT2D eigenvalue weighted by molar-refractivity contribution is 5.79. The molecule has 1 fully saturated rings. The van der Waals surface area contributed by atoms with Gasteiger partial charge in [0.25, 0.3) is 0 Å². The number of aromatic amines is 1. The predicted molar refractivity (Wildman–Crippen MR) is 83.3 cm³/mol. The number of carboxylic acids is 1. The molecule has 0 bridgehead atoms. The number of carbonyl (C=O) groups is 1. The maximum Gasteiger partial charge on any atom is 0.347 e. The van der Waals surface area contributed by atoms with Crippen molar-refractivity contribution in [2.75, 3.05) is 13.1 Å². The Balaban J connectivity index is 1.85. The Labute approximate surface area is 128 Å². The summed E-state index contributed by atoms with van der Waals surface area (Å²) in [6.07, 6.45) is 2.28. The van der Waals surface area contributed by atoms with Gasteiger partial charge in [0, 0.05) is 18.5 Å². The largest absolute Gasteiger partial charge is 0.478 e. The highest BCUT2D eigenvalue weighted by atomic mass is 16.5. The van der Waals surface area contributed by atoms with E-state index in [-0.39, 0.29) is 0 Å². The molecule has 1 aromatic heterocycles. The van der Waals surface area contributed by atoms with E-state index in [1.807, 2.05) is 12.1 Å². The second kappa shape index (κ2) is 5.61. The van der Waals surface area contributed by atoms with Crippen molar-refractivity contribution in [3.05, 3.63) is 24.0 Å². The first-order chi connectivity index (χ1) is 10.5. The lowest BCUT2D eigenvalue weighted by molar-refractivity contribution is -0.152. The first kappa shape index (κ1) is 14.8. The number of hydrogen-bond donors (Lipinski definition) is 3. The van der Waals surface area contributed by atoms with Gasteiger partial charge in [-0.3, -0.25) is 0 Å². The zero-order valence-corrected chi connectivity index (χ0v) is 12.8. The summed E-state index contributed by atoms with van der Waals surface area (Å²) in [5.41, 5.74) is 0.490. The van der Waals surface area contributed by atoms with Gasteiger partial charge in [0.2, 0.25) is 0 Å². The fraction of sp³-hybridized carbons (Fsp3) is 0.500. The van der Waals surface area contributed by atoms with Gasteiger partial charge in [-0.05, 0) is 45.4 Å². The first-order valence-corrected chi connectivity index (χ1v) is 7.58. The molecular weight excluding hydrogens is 282 g/mol. The van der Waals surface area contributed by atoms with E-state index in [2.05, 4.69) is 15.3 Å². The monoisotopic (exact) mass is 303 g/mol. The van der Waals surface area contributed by atoms with Crippen LogP contribution in [0.4, 0.5) is 0 Å². The van der Waals surface area contributed by atoms with Crippen LogP contribution in [-0.2, 0) is 4.79 Å². The summed E-state index contributed by atoms with van der Waals surface area (Å²) in [7, 11) is 0. The van der Waals surface area contributed by atoms with Gasteiger partial charge >= 0.3 is 5.97 Å². The summed E-state index contributed by atoms with van der Waals surface area (Å²) < 4.78 is 5.57. The minimum Gasteiger partial charge on any atom is -0.478 e. The van der Waals surface area contributed by atoms with Crippen LogP contribution >= 0.6 is 0 Å². The van der Waals surface area contributed by atoms with Gasteiger partial charge in [0.05, 0.1) is 11.0 Å². The van der Waals surface area contributed by atoms with Crippen molar-refractivity contribution >= 4 is 17.0 Å². The molecule has 2 heterocycles. The predicted octanol–water partition coefficient (Wildman–Crippen LogP) is 2.27. The lowest BCUT2D eigenvalue weighted by Gasteiger charge is -2.21. The first-order valence-electron chi connectivity index (χ1n) is 7.58. The molecule has 118 valence electrons. The van der Waals surface area contributed by atoms with Crippen LogP contribution in [0.2, 0.25) is 0 Å². The molecular formula is C16H21N3O3. The Bertz CT molecular complexity index is 687. The zero-order chi connectivity index (χ0) is 15.7. The summed E-state index contributed by atoms with van der Waals surface area (Å²) >= 11 is 0. The minimum absolute atomic E-state index is 0.404. The summed E-state index contributed by atoms with van der Waals surface area (Å²) in [4.78, 5) is 19.1. The molecule has 1 aliphatic heterocycles. The molecule has 22 heavy (non-hydrogen) atoms. The molecule has 2 aromatic rings. The fourth-order valence-corrected chi connectivity index (χ4v) is 2.69. The van der Waals surface area contributed by atoms with Crippen molar-refractivity contribution in [1.82, 2.24) is 15.3 Å². The average Bonchev–Trinajstić information content (AvgIpc) is 2.91. The standard InChI is InChI=1S/C16H21N3O3/c1-16(2,15(20)21)22-11-5-6-12-13(8-11)19-14(18-12)10-4-3-7-17-9-10/h5-6,8,10,17H,3-4,7,9H2,1-2H3,(H,18,19)(H,20,21). The molecule has 1 atom stereocenters. The number of aliphatic carboxylic acids is 1. The number of rotatable bonds is 4. The Morgan fingerprint density at radius 3 is 2.95 bits per heavy atom. The highest BCUT2D eigenvalue weighted by Crippen LogP contribution is 2.27. The Morgan fingerprint density at radius 1 is 1.45 bits per heavy atom. The number of imidazole rings is 1. The third-order valence-corrected chi connectivity index (χ3v) is 4.04. The number of hydrogen-bond acceptors (Lipinski definition) is 4. The summed E-state index contributed by atoms with van der Waals surface area (Å²) in [5.74, 6) is 0.917. The van der Waals surface area contributed by atoms with Gasteiger partial charge in [-0.2, -0.15) is 0 Å². The van der Waals surface area contributed by atoms with Crippen LogP contribution in [0.3, 0.4) is 0 Å². The molecule has 6 heteroatoms. The number of carboxylic acid groups (broad SMARTS) is 1. The van der Waals surface area contributed by atoms with Crippen LogP contribution in [0.25, 0.3) is 11.0 Å². The number of fused-ring (bicyclic) bond motifs is 1. The molecule has 6 nitrogen and oxygen atoms in total. The van der Waals surface area contributed by atoms with Gasteiger partial charge in [-0.25, -0.2) is 9.78 Å². The molecule has 3 rings (SSSR count). The fourth-order valence-electron chi connectivity index (χ4n) is 2.69. The highest BCUT2D eigenvalue weighted by Gasteiger charge is 2.29. The molecule has 0 radical (unpaired) electrons. The average molecular weight is 303 g/mol. The SMILES string of the molecule is CC(C)(Oc1ccc2nc(C3CCCNC3)[nH]c2c1)C(=O)O. The summed E-state index contributed by atoms with van der Waals surface area (Å²) in [6.45, 7) is 5.07. The van der Waals surface area contributed by atoms with Crippen LogP contribution in [0.1, 0.15) is 38.4 Å². The number of piperidine rings is 1. The second-order valence-corrected chi connectivity index (χ2v) is 6.26. The van der Waals surface area contributed by atoms with E-state index in [4.69, 9.17) is 9.84 Å². The van der Waals surface area contributed by atoms with Gasteiger partial charge in [-0.15, -0.1) is 0 Å². The van der Waals surface area contributed by atoms with Crippen molar-refractivity contribution in [2.45, 2.75) is 38.2 Å². The van der Waals surface area contributed by atoms with Gasteiger partial charge in [0.15, 0.2) is 5.60 Å². The Morgan fingerprint density at radius 2 is 2.27 bits per heavy atom. The normalized spacial score (nSPS) is 19.3. The molecule has 0 saturated carbocycles. The lowest BCUT2D eigenvalue weighted by atomic mass is 9.99. The van der Waals surface area contributed by atoms with Crippen molar-refractivity contribution in [2.24, 2.45) is 0 Å². The van der Waals surface area contributed by atoms with Crippen molar-refractivity contribution in [3.8, 4) is 5.75 Å². The van der Waals surface area contributed by atoms with E-state index in [1.165, 1.54) is 13.8 Å². The van der Waals surface area contributed by atoms with Crippen molar-refractivity contribution in [1.29, 1.82) is 0 Å². The number of nitrogens with one attached hydrogen (secondary N) is 2. The van der Waals surface area contributed by atoms with Crippen LogP contribution in [0.5, 0.6) is 5.75 Å². The second-order valence-electron chi connectivity index (χ2n) is 6.26. The number of H-pyrrole nitrogens is 1. The minimum atomic E-state index is -1.26. The topological polar surface area (TPSA) is 87.2 Å². The molecule has 3 N–H and O–H groups in total. The van der Waals surface area contributed by atoms with Gasteiger partial charge in [-0.1, -0.05) is 0 Å². The quantitative estimate of drug-likeness (QED) is 0.806. The van der Waals surface area contributed by atoms with Crippen LogP contribution in [0, 0.1) is 0 Å². The molecule has 0 aliphatic carbocycles. The van der Waals surface area contributed by atoms with E-state index >= 15 is 0 Å². The van der Waals surface area contributed by atoms with Crippen LogP contribution in [-0.4, -0.2) is 39.7 Å². The van der Waals surface area contributed by atoms with Gasteiger partial charge < -0.3 is 20.1 Å². The van der Waals surface area contributed by atoms with E-state index in [9.17, 15) is 4.79 Å². The molecule has 1 aromatic carbocycles. The van der Waals surface area contributed by atoms with Crippen LogP contribution < -0.4 is 10.1 Å². The van der Waals surface area contributed by atoms with Gasteiger partial charge in [0.1, 0.15) is 11.6 Å². The maximum absolute atomic E-state index is 11.1. The smallest absolute Gasteiger partial charge is 0.347 e.